The molecule has 0 unspecified atom stereocenters. The fourth-order valence-electron chi connectivity index (χ4n) is 3.58. The van der Waals surface area contributed by atoms with Crippen LogP contribution in [0.3, 0.4) is 0 Å². The fourth-order valence-corrected chi connectivity index (χ4v) is 3.58. The van der Waals surface area contributed by atoms with Crippen molar-refractivity contribution >= 4 is 40.2 Å². The first kappa shape index (κ1) is 19.4. The van der Waals surface area contributed by atoms with Crippen LogP contribution in [0.25, 0.3) is 22.4 Å². The van der Waals surface area contributed by atoms with E-state index in [1.807, 2.05) is 36.4 Å². The summed E-state index contributed by atoms with van der Waals surface area (Å²) < 4.78 is 5.25. The van der Waals surface area contributed by atoms with Crippen LogP contribution in [0.1, 0.15) is 27.9 Å². The standard InChI is InChI=1S/C24H19NO5/c1-30-18-9-8-16-12-15(6-7-17(16)14-18)13-21-19-4-2-3-5-20(19)23(28)25(24(21)29)11-10-22(26)27/h2-9,12-14H,10-11H2,1H3,(H,26,27)/b21-13-. The second-order valence-corrected chi connectivity index (χ2v) is 6.98. The summed E-state index contributed by atoms with van der Waals surface area (Å²) in [6.45, 7) is -0.170. The number of ether oxygens (including phenoxy) is 1. The number of carbonyl (C=O) groups is 3. The maximum Gasteiger partial charge on any atom is 0.305 e. The first-order chi connectivity index (χ1) is 14.5. The molecule has 1 aliphatic rings. The molecule has 150 valence electrons. The summed E-state index contributed by atoms with van der Waals surface area (Å²) in [5.41, 5.74) is 2.11. The third-order valence-electron chi connectivity index (χ3n) is 5.10. The van der Waals surface area contributed by atoms with Gasteiger partial charge in [-0.2, -0.15) is 0 Å². The number of hydrogen-bond acceptors (Lipinski definition) is 4. The van der Waals surface area contributed by atoms with Crippen molar-refractivity contribution in [3.8, 4) is 5.75 Å². The summed E-state index contributed by atoms with van der Waals surface area (Å²) in [6, 6.07) is 18.4. The molecule has 6 heteroatoms. The van der Waals surface area contributed by atoms with Crippen LogP contribution in [0.5, 0.6) is 5.75 Å². The third kappa shape index (κ3) is 3.55. The lowest BCUT2D eigenvalue weighted by molar-refractivity contribution is -0.137. The maximum absolute atomic E-state index is 13.1. The van der Waals surface area contributed by atoms with Gasteiger partial charge in [-0.25, -0.2) is 0 Å². The van der Waals surface area contributed by atoms with Crippen molar-refractivity contribution in [1.29, 1.82) is 0 Å². The number of imide groups is 1. The quantitative estimate of drug-likeness (QED) is 0.519. The van der Waals surface area contributed by atoms with Gasteiger partial charge in [-0.1, -0.05) is 36.4 Å². The maximum atomic E-state index is 13.1. The molecule has 3 aromatic rings. The topological polar surface area (TPSA) is 83.9 Å². The molecule has 30 heavy (non-hydrogen) atoms. The highest BCUT2D eigenvalue weighted by Gasteiger charge is 2.34. The number of fused-ring (bicyclic) bond motifs is 2. The van der Waals surface area contributed by atoms with Crippen LogP contribution in [-0.2, 0) is 9.59 Å². The van der Waals surface area contributed by atoms with Gasteiger partial charge in [0, 0.05) is 17.7 Å². The molecule has 0 spiro atoms. The van der Waals surface area contributed by atoms with E-state index in [-0.39, 0.29) is 13.0 Å². The number of rotatable bonds is 5. The molecule has 3 aromatic carbocycles. The second-order valence-electron chi connectivity index (χ2n) is 6.98. The molecule has 0 aromatic heterocycles. The average molecular weight is 401 g/mol. The summed E-state index contributed by atoms with van der Waals surface area (Å²) >= 11 is 0. The van der Waals surface area contributed by atoms with Crippen LogP contribution in [0.2, 0.25) is 0 Å². The number of carbonyl (C=O) groups excluding carboxylic acids is 2. The molecule has 0 saturated carbocycles. The van der Waals surface area contributed by atoms with Crippen molar-refractivity contribution < 1.29 is 24.2 Å². The van der Waals surface area contributed by atoms with Crippen LogP contribution in [0.4, 0.5) is 0 Å². The van der Waals surface area contributed by atoms with Crippen molar-refractivity contribution in [2.45, 2.75) is 6.42 Å². The van der Waals surface area contributed by atoms with Gasteiger partial charge in [-0.05, 0) is 52.2 Å². The lowest BCUT2D eigenvalue weighted by atomic mass is 9.91. The number of methoxy groups -OCH3 is 1. The Labute approximate surface area is 173 Å². The molecular formula is C24H19NO5. The first-order valence-corrected chi connectivity index (χ1v) is 9.45. The minimum Gasteiger partial charge on any atom is -0.497 e. The van der Waals surface area contributed by atoms with E-state index in [0.29, 0.717) is 16.7 Å². The Balaban J connectivity index is 1.79. The Kier molecular flexibility index (Phi) is 5.06. The van der Waals surface area contributed by atoms with Crippen LogP contribution in [0, 0.1) is 0 Å². The Morgan fingerprint density at radius 1 is 0.967 bits per heavy atom. The van der Waals surface area contributed by atoms with Gasteiger partial charge in [0.25, 0.3) is 11.8 Å². The van der Waals surface area contributed by atoms with Crippen LogP contribution >= 0.6 is 0 Å². The van der Waals surface area contributed by atoms with E-state index in [0.717, 1.165) is 27.0 Å². The Morgan fingerprint density at radius 2 is 1.67 bits per heavy atom. The summed E-state index contributed by atoms with van der Waals surface area (Å²) in [7, 11) is 1.61. The highest BCUT2D eigenvalue weighted by molar-refractivity contribution is 6.33. The molecule has 1 N–H and O–H groups in total. The summed E-state index contributed by atoms with van der Waals surface area (Å²) in [5.74, 6) is -1.27. The smallest absolute Gasteiger partial charge is 0.305 e. The van der Waals surface area contributed by atoms with E-state index < -0.39 is 17.8 Å². The van der Waals surface area contributed by atoms with Crippen LogP contribution in [-0.4, -0.2) is 41.4 Å². The van der Waals surface area contributed by atoms with Crippen molar-refractivity contribution in [3.05, 3.63) is 77.4 Å². The monoisotopic (exact) mass is 401 g/mol. The van der Waals surface area contributed by atoms with Crippen molar-refractivity contribution in [2.24, 2.45) is 0 Å². The molecule has 1 heterocycles. The molecule has 0 radical (unpaired) electrons. The van der Waals surface area contributed by atoms with E-state index in [1.165, 1.54) is 0 Å². The van der Waals surface area contributed by atoms with Gasteiger partial charge in [-0.3, -0.25) is 19.3 Å². The van der Waals surface area contributed by atoms with Gasteiger partial charge >= 0.3 is 5.97 Å². The summed E-state index contributed by atoms with van der Waals surface area (Å²) in [5, 5.41) is 11.0. The normalized spacial score (nSPS) is 14.8. The molecule has 4 rings (SSSR count). The van der Waals surface area contributed by atoms with E-state index in [1.54, 1.807) is 37.5 Å². The minimum atomic E-state index is -1.06. The lowest BCUT2D eigenvalue weighted by Crippen LogP contribution is -2.42. The zero-order valence-corrected chi connectivity index (χ0v) is 16.3. The van der Waals surface area contributed by atoms with Crippen LogP contribution < -0.4 is 4.74 Å². The summed E-state index contributed by atoms with van der Waals surface area (Å²) in [6.07, 6.45) is 1.44. The number of hydrogen-bond donors (Lipinski definition) is 1. The van der Waals surface area contributed by atoms with Crippen molar-refractivity contribution in [1.82, 2.24) is 4.90 Å². The van der Waals surface area contributed by atoms with Gasteiger partial charge in [0.1, 0.15) is 5.75 Å². The van der Waals surface area contributed by atoms with Gasteiger partial charge in [0.2, 0.25) is 0 Å². The number of aliphatic carboxylic acids is 1. The molecule has 0 fully saturated rings. The zero-order chi connectivity index (χ0) is 21.3. The largest absolute Gasteiger partial charge is 0.497 e. The Bertz CT molecular complexity index is 1210. The van der Waals surface area contributed by atoms with E-state index >= 15 is 0 Å². The first-order valence-electron chi connectivity index (χ1n) is 9.45. The number of benzene rings is 3. The molecule has 2 amide bonds. The predicted molar refractivity (Wildman–Crippen MR) is 113 cm³/mol. The molecule has 0 atom stereocenters. The minimum absolute atomic E-state index is 0.170. The van der Waals surface area contributed by atoms with Gasteiger partial charge in [0.05, 0.1) is 13.5 Å². The SMILES string of the molecule is COc1ccc2cc(/C=C3\C(=O)N(CCC(=O)O)C(=O)c4ccccc43)ccc2c1. The number of amides is 2. The molecule has 0 aliphatic carbocycles. The van der Waals surface area contributed by atoms with Gasteiger partial charge in [0.15, 0.2) is 0 Å². The van der Waals surface area contributed by atoms with E-state index in [2.05, 4.69) is 0 Å². The molecular weight excluding hydrogens is 382 g/mol. The highest BCUT2D eigenvalue weighted by atomic mass is 16.5. The van der Waals surface area contributed by atoms with Gasteiger partial charge < -0.3 is 9.84 Å². The predicted octanol–water partition coefficient (Wildman–Crippen LogP) is 3.85. The Hall–Kier alpha value is -3.93. The second kappa shape index (κ2) is 7.83. The fraction of sp³-hybridized carbons (Fsp3) is 0.125. The highest BCUT2D eigenvalue weighted by Crippen LogP contribution is 2.31. The van der Waals surface area contributed by atoms with Gasteiger partial charge in [-0.15, -0.1) is 0 Å². The third-order valence-corrected chi connectivity index (χ3v) is 5.10. The van der Waals surface area contributed by atoms with Crippen LogP contribution in [0.15, 0.2) is 60.7 Å². The number of nitrogens with zero attached hydrogens (tertiary/aromatic N) is 1. The van der Waals surface area contributed by atoms with E-state index in [4.69, 9.17) is 9.84 Å². The average Bonchev–Trinajstić information content (AvgIpc) is 2.76. The van der Waals surface area contributed by atoms with E-state index in [9.17, 15) is 14.4 Å². The lowest BCUT2D eigenvalue weighted by Gasteiger charge is -2.28. The number of carboxylic acid groups (broad SMARTS) is 1. The van der Waals surface area contributed by atoms with Crippen molar-refractivity contribution in [2.75, 3.05) is 13.7 Å². The zero-order valence-electron chi connectivity index (χ0n) is 16.3. The molecule has 1 aliphatic heterocycles. The Morgan fingerprint density at radius 3 is 2.40 bits per heavy atom. The molecule has 0 bridgehead atoms. The number of carboxylic acids is 1. The van der Waals surface area contributed by atoms with Crippen molar-refractivity contribution in [3.63, 3.8) is 0 Å². The molecule has 6 nitrogen and oxygen atoms in total. The molecule has 0 saturated heterocycles. The summed E-state index contributed by atoms with van der Waals surface area (Å²) in [4.78, 5) is 37.8.